The molecule has 3 rings (SSSR count). The first kappa shape index (κ1) is 25.4. The van der Waals surface area contributed by atoms with Crippen molar-refractivity contribution in [2.24, 2.45) is 4.99 Å². The van der Waals surface area contributed by atoms with Gasteiger partial charge in [-0.15, -0.1) is 24.0 Å². The number of benzene rings is 1. The number of morpholine rings is 1. The Hall–Kier alpha value is -0.900. The first-order chi connectivity index (χ1) is 14.3. The van der Waals surface area contributed by atoms with Crippen LogP contribution in [0.15, 0.2) is 29.3 Å². The third-order valence-electron chi connectivity index (χ3n) is 6.15. The molecule has 1 aliphatic carbocycles. The van der Waals surface area contributed by atoms with Gasteiger partial charge in [-0.2, -0.15) is 0 Å². The van der Waals surface area contributed by atoms with Gasteiger partial charge >= 0.3 is 0 Å². The molecular formula is C23H39IN4O2. The van der Waals surface area contributed by atoms with Crippen LogP contribution in [0.4, 0.5) is 0 Å². The van der Waals surface area contributed by atoms with Crippen molar-refractivity contribution in [2.45, 2.75) is 57.7 Å². The van der Waals surface area contributed by atoms with Gasteiger partial charge in [0.15, 0.2) is 5.96 Å². The minimum absolute atomic E-state index is 0. The molecule has 0 atom stereocenters. The molecule has 2 aliphatic rings. The Bertz CT molecular complexity index is 627. The largest absolute Gasteiger partial charge is 0.380 e. The van der Waals surface area contributed by atoms with Crippen molar-refractivity contribution < 1.29 is 9.47 Å². The summed E-state index contributed by atoms with van der Waals surface area (Å²) in [6.07, 6.45) is 6.53. The molecule has 2 N–H and O–H groups in total. The zero-order chi connectivity index (χ0) is 20.4. The van der Waals surface area contributed by atoms with Crippen LogP contribution in [0.25, 0.3) is 0 Å². The van der Waals surface area contributed by atoms with Gasteiger partial charge in [0.2, 0.25) is 0 Å². The predicted octanol–water partition coefficient (Wildman–Crippen LogP) is 3.54. The maximum atomic E-state index is 5.60. The second-order valence-electron chi connectivity index (χ2n) is 8.18. The highest BCUT2D eigenvalue weighted by Crippen LogP contribution is 2.33. The Morgan fingerprint density at radius 3 is 2.37 bits per heavy atom. The standard InChI is InChI=1S/C23H38N4O2.HI/c1-3-24-22(25-17-20-7-9-21(10-8-20)18-28-2)26-19-23(11-5-4-6-12-23)27-13-15-29-16-14-27;/h7-10H,3-6,11-19H2,1-2H3,(H2,24,25,26);1H. The van der Waals surface area contributed by atoms with Crippen molar-refractivity contribution in [3.8, 4) is 0 Å². The summed E-state index contributed by atoms with van der Waals surface area (Å²) < 4.78 is 10.8. The molecule has 0 spiro atoms. The number of hydrogen-bond acceptors (Lipinski definition) is 4. The summed E-state index contributed by atoms with van der Waals surface area (Å²) in [4.78, 5) is 7.51. The van der Waals surface area contributed by atoms with E-state index in [0.717, 1.165) is 45.4 Å². The van der Waals surface area contributed by atoms with Crippen molar-refractivity contribution >= 4 is 29.9 Å². The smallest absolute Gasteiger partial charge is 0.191 e. The molecule has 0 radical (unpaired) electrons. The molecule has 1 aromatic carbocycles. The number of rotatable bonds is 8. The minimum Gasteiger partial charge on any atom is -0.380 e. The van der Waals surface area contributed by atoms with E-state index in [4.69, 9.17) is 14.5 Å². The number of halogens is 1. The van der Waals surface area contributed by atoms with Crippen molar-refractivity contribution in [1.29, 1.82) is 0 Å². The molecule has 1 heterocycles. The topological polar surface area (TPSA) is 58.1 Å². The lowest BCUT2D eigenvalue weighted by molar-refractivity contribution is -0.0352. The van der Waals surface area contributed by atoms with Crippen LogP contribution in [-0.2, 0) is 22.6 Å². The molecule has 1 saturated carbocycles. The van der Waals surface area contributed by atoms with Crippen LogP contribution < -0.4 is 10.6 Å². The van der Waals surface area contributed by atoms with Gasteiger partial charge in [0.25, 0.3) is 0 Å². The summed E-state index contributed by atoms with van der Waals surface area (Å²) in [5.41, 5.74) is 2.64. The van der Waals surface area contributed by atoms with Gasteiger partial charge < -0.3 is 20.1 Å². The van der Waals surface area contributed by atoms with Crippen LogP contribution in [0.3, 0.4) is 0 Å². The molecule has 30 heavy (non-hydrogen) atoms. The lowest BCUT2D eigenvalue weighted by Gasteiger charge is -2.48. The van der Waals surface area contributed by atoms with E-state index < -0.39 is 0 Å². The molecule has 6 nitrogen and oxygen atoms in total. The molecule has 0 unspecified atom stereocenters. The summed E-state index contributed by atoms with van der Waals surface area (Å²) in [6.45, 7) is 9.06. The number of aliphatic imine (C=N–C) groups is 1. The van der Waals surface area contributed by atoms with E-state index >= 15 is 0 Å². The molecule has 170 valence electrons. The first-order valence-electron chi connectivity index (χ1n) is 11.2. The molecule has 0 bridgehead atoms. The van der Waals surface area contributed by atoms with Gasteiger partial charge in [0, 0.05) is 38.8 Å². The van der Waals surface area contributed by atoms with E-state index in [1.54, 1.807) is 7.11 Å². The molecular weight excluding hydrogens is 491 g/mol. The number of guanidine groups is 1. The van der Waals surface area contributed by atoms with Crippen LogP contribution >= 0.6 is 24.0 Å². The fourth-order valence-corrected chi connectivity index (χ4v) is 4.52. The maximum Gasteiger partial charge on any atom is 0.191 e. The maximum absolute atomic E-state index is 5.60. The van der Waals surface area contributed by atoms with Crippen molar-refractivity contribution in [3.05, 3.63) is 35.4 Å². The Morgan fingerprint density at radius 2 is 1.73 bits per heavy atom. The van der Waals surface area contributed by atoms with E-state index in [9.17, 15) is 0 Å². The molecule has 1 saturated heterocycles. The average Bonchev–Trinajstić information content (AvgIpc) is 2.78. The van der Waals surface area contributed by atoms with E-state index in [-0.39, 0.29) is 29.5 Å². The van der Waals surface area contributed by atoms with Crippen LogP contribution in [0, 0.1) is 0 Å². The summed E-state index contributed by atoms with van der Waals surface area (Å²) in [7, 11) is 1.72. The quantitative estimate of drug-likeness (QED) is 0.306. The number of nitrogens with zero attached hydrogens (tertiary/aromatic N) is 2. The van der Waals surface area contributed by atoms with Crippen LogP contribution in [0.2, 0.25) is 0 Å². The predicted molar refractivity (Wildman–Crippen MR) is 134 cm³/mol. The number of nitrogens with one attached hydrogen (secondary N) is 2. The van der Waals surface area contributed by atoms with Crippen molar-refractivity contribution in [3.63, 3.8) is 0 Å². The Balaban J connectivity index is 0.00000320. The van der Waals surface area contributed by atoms with Gasteiger partial charge in [-0.05, 0) is 30.9 Å². The second kappa shape index (κ2) is 13.5. The fourth-order valence-electron chi connectivity index (χ4n) is 4.52. The Labute approximate surface area is 199 Å². The van der Waals surface area contributed by atoms with Gasteiger partial charge in [-0.3, -0.25) is 4.90 Å². The summed E-state index contributed by atoms with van der Waals surface area (Å²) in [5.74, 6) is 0.909. The zero-order valence-corrected chi connectivity index (χ0v) is 21.0. The third kappa shape index (κ3) is 7.35. The summed E-state index contributed by atoms with van der Waals surface area (Å²) in [5, 5.41) is 7.09. The van der Waals surface area contributed by atoms with Crippen LogP contribution in [0.5, 0.6) is 0 Å². The highest BCUT2D eigenvalue weighted by Gasteiger charge is 2.38. The van der Waals surface area contributed by atoms with E-state index in [1.807, 2.05) is 0 Å². The van der Waals surface area contributed by atoms with Crippen LogP contribution in [-0.4, -0.2) is 62.9 Å². The molecule has 0 aromatic heterocycles. The molecule has 1 aliphatic heterocycles. The first-order valence-corrected chi connectivity index (χ1v) is 11.2. The zero-order valence-electron chi connectivity index (χ0n) is 18.6. The van der Waals surface area contributed by atoms with E-state index in [2.05, 4.69) is 46.7 Å². The van der Waals surface area contributed by atoms with Crippen molar-refractivity contribution in [2.75, 3.05) is 46.5 Å². The lowest BCUT2D eigenvalue weighted by Crippen LogP contribution is -2.60. The Kier molecular flexibility index (Phi) is 11.4. The van der Waals surface area contributed by atoms with Gasteiger partial charge in [-0.25, -0.2) is 4.99 Å². The monoisotopic (exact) mass is 530 g/mol. The van der Waals surface area contributed by atoms with E-state index in [0.29, 0.717) is 13.2 Å². The minimum atomic E-state index is 0. The number of ether oxygens (including phenoxy) is 2. The van der Waals surface area contributed by atoms with Gasteiger partial charge in [-0.1, -0.05) is 43.5 Å². The summed E-state index contributed by atoms with van der Waals surface area (Å²) in [6, 6.07) is 8.50. The molecule has 2 fully saturated rings. The van der Waals surface area contributed by atoms with E-state index in [1.165, 1.54) is 43.2 Å². The van der Waals surface area contributed by atoms with Crippen LogP contribution in [0.1, 0.15) is 50.2 Å². The number of methoxy groups -OCH3 is 1. The second-order valence-corrected chi connectivity index (χ2v) is 8.18. The Morgan fingerprint density at radius 1 is 1.07 bits per heavy atom. The molecule has 7 heteroatoms. The fraction of sp³-hybridized carbons (Fsp3) is 0.696. The normalized spacial score (nSPS) is 19.7. The highest BCUT2D eigenvalue weighted by molar-refractivity contribution is 14.0. The van der Waals surface area contributed by atoms with Gasteiger partial charge in [0.1, 0.15) is 0 Å². The summed E-state index contributed by atoms with van der Waals surface area (Å²) >= 11 is 0. The number of hydrogen-bond donors (Lipinski definition) is 2. The molecule has 0 amide bonds. The average molecular weight is 530 g/mol. The van der Waals surface area contributed by atoms with Gasteiger partial charge in [0.05, 0.1) is 26.4 Å². The van der Waals surface area contributed by atoms with Crippen molar-refractivity contribution in [1.82, 2.24) is 15.5 Å². The lowest BCUT2D eigenvalue weighted by atomic mass is 9.80. The highest BCUT2D eigenvalue weighted by atomic mass is 127. The SMILES string of the molecule is CCNC(=NCc1ccc(COC)cc1)NCC1(N2CCOCC2)CCCCC1.I. The molecule has 1 aromatic rings. The third-order valence-corrected chi connectivity index (χ3v) is 6.15.